The third-order valence-electron chi connectivity index (χ3n) is 3.45. The zero-order valence-corrected chi connectivity index (χ0v) is 13.8. The van der Waals surface area contributed by atoms with Crippen molar-refractivity contribution in [2.75, 3.05) is 0 Å². The Kier molecular flexibility index (Phi) is 4.52. The second kappa shape index (κ2) is 6.75. The second-order valence-electron chi connectivity index (χ2n) is 5.07. The molecule has 0 aliphatic carbocycles. The van der Waals surface area contributed by atoms with Crippen LogP contribution in [0.4, 0.5) is 0 Å². The summed E-state index contributed by atoms with van der Waals surface area (Å²) in [6.45, 7) is 0.515. The van der Waals surface area contributed by atoms with Crippen LogP contribution < -0.4 is 10.7 Å². The molecule has 0 aliphatic rings. The Balaban J connectivity index is 1.78. The van der Waals surface area contributed by atoms with Crippen LogP contribution in [0.25, 0.3) is 10.9 Å². The zero-order valence-electron chi connectivity index (χ0n) is 12.2. The van der Waals surface area contributed by atoms with E-state index < -0.39 is 0 Å². The van der Waals surface area contributed by atoms with Crippen LogP contribution in [0.2, 0.25) is 0 Å². The average molecular weight is 372 g/mol. The smallest absolute Gasteiger partial charge is 0.240 e. The lowest BCUT2D eigenvalue weighted by atomic mass is 10.2. The summed E-state index contributed by atoms with van der Waals surface area (Å²) in [6, 6.07) is 12.4. The molecule has 0 saturated carbocycles. The molecular weight excluding hydrogens is 358 g/mol. The largest absolute Gasteiger partial charge is 0.349 e. The van der Waals surface area contributed by atoms with Crippen molar-refractivity contribution < 1.29 is 4.79 Å². The molecule has 0 saturated heterocycles. The van der Waals surface area contributed by atoms with E-state index >= 15 is 0 Å². The third-order valence-corrected chi connectivity index (χ3v) is 3.94. The van der Waals surface area contributed by atoms with E-state index in [1.54, 1.807) is 23.0 Å². The van der Waals surface area contributed by atoms with Gasteiger partial charge in [0.1, 0.15) is 6.54 Å². The van der Waals surface area contributed by atoms with Crippen LogP contribution in [0.1, 0.15) is 5.69 Å². The highest BCUT2D eigenvalue weighted by atomic mass is 79.9. The van der Waals surface area contributed by atoms with E-state index in [2.05, 4.69) is 26.2 Å². The first-order valence-corrected chi connectivity index (χ1v) is 7.88. The molecule has 23 heavy (non-hydrogen) atoms. The molecule has 1 aromatic carbocycles. The number of pyridine rings is 2. The number of halogens is 1. The molecule has 0 unspecified atom stereocenters. The van der Waals surface area contributed by atoms with Gasteiger partial charge in [-0.3, -0.25) is 14.6 Å². The Labute approximate surface area is 141 Å². The highest BCUT2D eigenvalue weighted by Crippen LogP contribution is 2.17. The minimum Gasteiger partial charge on any atom is -0.349 e. The summed E-state index contributed by atoms with van der Waals surface area (Å²) in [5, 5.41) is 3.42. The van der Waals surface area contributed by atoms with Gasteiger partial charge in [0.05, 0.1) is 17.8 Å². The Hall–Kier alpha value is -2.47. The van der Waals surface area contributed by atoms with Crippen molar-refractivity contribution in [3.63, 3.8) is 0 Å². The van der Waals surface area contributed by atoms with E-state index in [-0.39, 0.29) is 17.9 Å². The number of hydrogen-bond acceptors (Lipinski definition) is 3. The minimum absolute atomic E-state index is 0.0577. The molecule has 116 valence electrons. The van der Waals surface area contributed by atoms with Gasteiger partial charge in [0.2, 0.25) is 5.91 Å². The first kappa shape index (κ1) is 15.4. The molecule has 3 aromatic rings. The fraction of sp³-hybridized carbons (Fsp3) is 0.118. The average Bonchev–Trinajstić information content (AvgIpc) is 2.56. The molecular formula is C17H14BrN3O2. The number of hydrogen-bond donors (Lipinski definition) is 1. The molecule has 3 rings (SSSR count). The standard InChI is InChI=1S/C17H14BrN3O2/c18-12-4-5-14-15(9-12)21(8-6-16(14)22)11-17(23)20-10-13-3-1-2-7-19-13/h1-9H,10-11H2,(H,20,23). The Morgan fingerprint density at radius 2 is 2.09 bits per heavy atom. The van der Waals surface area contributed by atoms with Gasteiger partial charge in [-0.15, -0.1) is 0 Å². The summed E-state index contributed by atoms with van der Waals surface area (Å²) in [7, 11) is 0. The van der Waals surface area contributed by atoms with Gasteiger partial charge in [-0.25, -0.2) is 0 Å². The number of nitrogens with zero attached hydrogens (tertiary/aromatic N) is 2. The number of benzene rings is 1. The number of amides is 1. The number of fused-ring (bicyclic) bond motifs is 1. The maximum absolute atomic E-state index is 12.1. The van der Waals surface area contributed by atoms with Crippen molar-refractivity contribution in [3.05, 3.63) is 75.2 Å². The van der Waals surface area contributed by atoms with Crippen LogP contribution in [-0.2, 0) is 17.9 Å². The Morgan fingerprint density at radius 3 is 2.87 bits per heavy atom. The third kappa shape index (κ3) is 3.65. The van der Waals surface area contributed by atoms with E-state index in [9.17, 15) is 9.59 Å². The number of nitrogens with one attached hydrogen (secondary N) is 1. The van der Waals surface area contributed by atoms with E-state index in [0.29, 0.717) is 11.9 Å². The van der Waals surface area contributed by atoms with Crippen molar-refractivity contribution >= 4 is 32.7 Å². The zero-order chi connectivity index (χ0) is 16.2. The minimum atomic E-state index is -0.138. The van der Waals surface area contributed by atoms with Crippen molar-refractivity contribution in [1.82, 2.24) is 14.9 Å². The predicted octanol–water partition coefficient (Wildman–Crippen LogP) is 2.48. The monoisotopic (exact) mass is 371 g/mol. The van der Waals surface area contributed by atoms with Gasteiger partial charge in [-0.1, -0.05) is 22.0 Å². The van der Waals surface area contributed by atoms with Crippen molar-refractivity contribution in [3.8, 4) is 0 Å². The highest BCUT2D eigenvalue weighted by molar-refractivity contribution is 9.10. The van der Waals surface area contributed by atoms with Crippen molar-refractivity contribution in [2.45, 2.75) is 13.1 Å². The first-order valence-electron chi connectivity index (χ1n) is 7.09. The van der Waals surface area contributed by atoms with Crippen LogP contribution in [-0.4, -0.2) is 15.5 Å². The molecule has 2 aromatic heterocycles. The topological polar surface area (TPSA) is 64.0 Å². The van der Waals surface area contributed by atoms with Gasteiger partial charge in [-0.2, -0.15) is 0 Å². The Morgan fingerprint density at radius 1 is 1.22 bits per heavy atom. The van der Waals surface area contributed by atoms with Gasteiger partial charge >= 0.3 is 0 Å². The molecule has 1 N–H and O–H groups in total. The van der Waals surface area contributed by atoms with E-state index in [1.165, 1.54) is 6.07 Å². The van der Waals surface area contributed by atoms with E-state index in [4.69, 9.17) is 0 Å². The normalized spacial score (nSPS) is 10.7. The molecule has 0 fully saturated rings. The lowest BCUT2D eigenvalue weighted by Crippen LogP contribution is -2.28. The van der Waals surface area contributed by atoms with Gasteiger partial charge in [-0.05, 0) is 30.3 Å². The predicted molar refractivity (Wildman–Crippen MR) is 92.0 cm³/mol. The van der Waals surface area contributed by atoms with E-state index in [1.807, 2.05) is 30.3 Å². The molecule has 0 aliphatic heterocycles. The first-order chi connectivity index (χ1) is 11.1. The van der Waals surface area contributed by atoms with Gasteiger partial charge in [0.15, 0.2) is 5.43 Å². The van der Waals surface area contributed by atoms with Crippen LogP contribution in [0.5, 0.6) is 0 Å². The van der Waals surface area contributed by atoms with Gasteiger partial charge in [0, 0.05) is 28.3 Å². The number of carbonyl (C=O) groups excluding carboxylic acids is 1. The highest BCUT2D eigenvalue weighted by Gasteiger charge is 2.07. The van der Waals surface area contributed by atoms with Crippen LogP contribution >= 0.6 is 15.9 Å². The molecule has 0 spiro atoms. The summed E-state index contributed by atoms with van der Waals surface area (Å²) in [4.78, 5) is 28.2. The van der Waals surface area contributed by atoms with E-state index in [0.717, 1.165) is 15.7 Å². The fourth-order valence-corrected chi connectivity index (χ4v) is 2.67. The SMILES string of the molecule is O=C(Cn1ccc(=O)c2ccc(Br)cc21)NCc1ccccn1. The molecule has 0 atom stereocenters. The maximum atomic E-state index is 12.1. The summed E-state index contributed by atoms with van der Waals surface area (Å²) in [6.07, 6.45) is 3.33. The Bertz CT molecular complexity index is 907. The second-order valence-corrected chi connectivity index (χ2v) is 5.98. The van der Waals surface area contributed by atoms with Crippen molar-refractivity contribution in [1.29, 1.82) is 0 Å². The summed E-state index contributed by atoms with van der Waals surface area (Å²) < 4.78 is 2.62. The molecule has 2 heterocycles. The van der Waals surface area contributed by atoms with Crippen LogP contribution in [0, 0.1) is 0 Å². The molecule has 0 radical (unpaired) electrons. The lowest BCUT2D eigenvalue weighted by molar-refractivity contribution is -0.121. The van der Waals surface area contributed by atoms with Crippen LogP contribution in [0.15, 0.2) is 64.1 Å². The number of carbonyl (C=O) groups is 1. The molecule has 0 bridgehead atoms. The molecule has 5 nitrogen and oxygen atoms in total. The van der Waals surface area contributed by atoms with Gasteiger partial charge in [0.25, 0.3) is 0 Å². The summed E-state index contributed by atoms with van der Waals surface area (Å²) in [5.41, 5.74) is 1.46. The lowest BCUT2D eigenvalue weighted by Gasteiger charge is -2.11. The van der Waals surface area contributed by atoms with Crippen LogP contribution in [0.3, 0.4) is 0 Å². The van der Waals surface area contributed by atoms with Crippen molar-refractivity contribution in [2.24, 2.45) is 0 Å². The number of aromatic nitrogens is 2. The van der Waals surface area contributed by atoms with Gasteiger partial charge < -0.3 is 9.88 Å². The molecule has 6 heteroatoms. The summed E-state index contributed by atoms with van der Waals surface area (Å²) >= 11 is 3.39. The number of rotatable bonds is 4. The molecule has 1 amide bonds. The maximum Gasteiger partial charge on any atom is 0.240 e. The summed E-state index contributed by atoms with van der Waals surface area (Å²) in [5.74, 6) is -0.138. The fourth-order valence-electron chi connectivity index (χ4n) is 2.32. The quantitative estimate of drug-likeness (QED) is 0.765.